The Balaban J connectivity index is 1.53. The molecule has 1 aliphatic rings. The molecule has 3 rings (SSSR count). The number of thiocarbonyl (C=S) groups is 1. The Morgan fingerprint density at radius 1 is 1.00 bits per heavy atom. The Labute approximate surface area is 166 Å². The van der Waals surface area contributed by atoms with Gasteiger partial charge in [-0.05, 0) is 42.4 Å². The van der Waals surface area contributed by atoms with E-state index in [9.17, 15) is 0 Å². The zero-order chi connectivity index (χ0) is 19.2. The van der Waals surface area contributed by atoms with Crippen molar-refractivity contribution < 1.29 is 9.47 Å². The maximum absolute atomic E-state index is 5.61. The lowest BCUT2D eigenvalue weighted by atomic mass is 10.1. The summed E-state index contributed by atoms with van der Waals surface area (Å²) >= 11 is 5.61. The minimum absolute atomic E-state index is 0.688. The van der Waals surface area contributed by atoms with Crippen LogP contribution in [0.15, 0.2) is 42.5 Å². The Morgan fingerprint density at radius 3 is 2.37 bits per heavy atom. The molecule has 1 N–H and O–H groups in total. The molecule has 2 aromatic carbocycles. The molecular formula is C21H27N3O2S. The van der Waals surface area contributed by atoms with E-state index in [2.05, 4.69) is 46.3 Å². The minimum atomic E-state index is 0.688. The highest BCUT2D eigenvalue weighted by Gasteiger charge is 2.19. The van der Waals surface area contributed by atoms with E-state index in [0.29, 0.717) is 11.5 Å². The highest BCUT2D eigenvalue weighted by atomic mass is 32.1. The quantitative estimate of drug-likeness (QED) is 0.794. The minimum Gasteiger partial charge on any atom is -0.493 e. The lowest BCUT2D eigenvalue weighted by Gasteiger charge is -2.36. The molecule has 0 unspecified atom stereocenters. The smallest absolute Gasteiger partial charge is 0.173 e. The van der Waals surface area contributed by atoms with Crippen LogP contribution in [0, 0.1) is 6.92 Å². The second-order valence-electron chi connectivity index (χ2n) is 6.69. The molecule has 27 heavy (non-hydrogen) atoms. The van der Waals surface area contributed by atoms with E-state index in [1.807, 2.05) is 18.2 Å². The van der Waals surface area contributed by atoms with Gasteiger partial charge in [-0.15, -0.1) is 0 Å². The van der Waals surface area contributed by atoms with Gasteiger partial charge < -0.3 is 19.7 Å². The van der Waals surface area contributed by atoms with Crippen LogP contribution in [-0.2, 0) is 6.54 Å². The molecule has 0 amide bonds. The maximum atomic E-state index is 5.61. The maximum Gasteiger partial charge on any atom is 0.173 e. The number of piperazine rings is 1. The number of benzene rings is 2. The molecule has 0 saturated carbocycles. The molecule has 1 heterocycles. The number of ether oxygens (including phenoxy) is 2. The molecule has 0 spiro atoms. The summed E-state index contributed by atoms with van der Waals surface area (Å²) in [5.41, 5.74) is 3.66. The fraction of sp³-hybridized carbons (Fsp3) is 0.381. The van der Waals surface area contributed by atoms with Gasteiger partial charge in [0.05, 0.1) is 14.2 Å². The first-order valence-electron chi connectivity index (χ1n) is 9.15. The standard InChI is InChI=1S/C21H27N3O2S/c1-16-6-4-5-7-17(16)15-23-10-12-24(13-11-23)21(27)22-18-8-9-19(25-2)20(14-18)26-3/h4-9,14H,10-13,15H2,1-3H3,(H,22,27). The number of anilines is 1. The molecule has 0 aromatic heterocycles. The number of aryl methyl sites for hydroxylation is 1. The number of hydrogen-bond donors (Lipinski definition) is 1. The third-order valence-corrected chi connectivity index (χ3v) is 5.31. The van der Waals surface area contributed by atoms with Gasteiger partial charge in [-0.3, -0.25) is 4.90 Å². The predicted molar refractivity (Wildman–Crippen MR) is 114 cm³/mol. The summed E-state index contributed by atoms with van der Waals surface area (Å²) in [6.07, 6.45) is 0. The fourth-order valence-corrected chi connectivity index (χ4v) is 3.55. The van der Waals surface area contributed by atoms with Crippen molar-refractivity contribution in [3.05, 3.63) is 53.6 Å². The van der Waals surface area contributed by atoms with Crippen LogP contribution >= 0.6 is 12.2 Å². The largest absolute Gasteiger partial charge is 0.493 e. The first kappa shape index (κ1) is 19.5. The summed E-state index contributed by atoms with van der Waals surface area (Å²) in [6.45, 7) is 7.02. The first-order chi connectivity index (χ1) is 13.1. The first-order valence-corrected chi connectivity index (χ1v) is 9.56. The predicted octanol–water partition coefficient (Wildman–Crippen LogP) is 3.53. The molecule has 1 fully saturated rings. The fourth-order valence-electron chi connectivity index (χ4n) is 3.25. The molecule has 0 aliphatic carbocycles. The van der Waals surface area contributed by atoms with Crippen LogP contribution < -0.4 is 14.8 Å². The number of hydrogen-bond acceptors (Lipinski definition) is 4. The lowest BCUT2D eigenvalue weighted by Crippen LogP contribution is -2.49. The van der Waals surface area contributed by atoms with Gasteiger partial charge in [-0.1, -0.05) is 24.3 Å². The number of nitrogens with one attached hydrogen (secondary N) is 1. The molecule has 0 atom stereocenters. The molecule has 0 bridgehead atoms. The Morgan fingerprint density at radius 2 is 1.70 bits per heavy atom. The summed E-state index contributed by atoms with van der Waals surface area (Å²) in [5.74, 6) is 1.40. The van der Waals surface area contributed by atoms with E-state index >= 15 is 0 Å². The van der Waals surface area contributed by atoms with Crippen molar-refractivity contribution in [1.29, 1.82) is 0 Å². The third-order valence-electron chi connectivity index (χ3n) is 4.95. The molecule has 5 nitrogen and oxygen atoms in total. The SMILES string of the molecule is COc1ccc(NC(=S)N2CCN(Cc3ccccc3C)CC2)cc1OC. The zero-order valence-electron chi connectivity index (χ0n) is 16.2. The Hall–Kier alpha value is -2.31. The van der Waals surface area contributed by atoms with E-state index in [1.54, 1.807) is 14.2 Å². The number of rotatable bonds is 5. The zero-order valence-corrected chi connectivity index (χ0v) is 17.0. The molecule has 1 aliphatic heterocycles. The second-order valence-corrected chi connectivity index (χ2v) is 7.08. The van der Waals surface area contributed by atoms with Gasteiger partial charge in [0.15, 0.2) is 16.6 Å². The average Bonchev–Trinajstić information content (AvgIpc) is 2.70. The van der Waals surface area contributed by atoms with Crippen molar-refractivity contribution >= 4 is 23.0 Å². The highest BCUT2D eigenvalue weighted by molar-refractivity contribution is 7.80. The summed E-state index contributed by atoms with van der Waals surface area (Å²) in [6, 6.07) is 14.3. The van der Waals surface area contributed by atoms with Crippen LogP contribution in [0.25, 0.3) is 0 Å². The Kier molecular flexibility index (Phi) is 6.53. The molecule has 2 aromatic rings. The van der Waals surface area contributed by atoms with Gasteiger partial charge >= 0.3 is 0 Å². The third kappa shape index (κ3) is 4.90. The van der Waals surface area contributed by atoms with E-state index in [0.717, 1.165) is 43.5 Å². The normalized spacial score (nSPS) is 14.7. The van der Waals surface area contributed by atoms with Crippen molar-refractivity contribution in [2.75, 3.05) is 45.7 Å². The van der Waals surface area contributed by atoms with E-state index in [4.69, 9.17) is 21.7 Å². The van der Waals surface area contributed by atoms with Crippen LogP contribution in [0.4, 0.5) is 5.69 Å². The van der Waals surface area contributed by atoms with Crippen molar-refractivity contribution in [3.63, 3.8) is 0 Å². The van der Waals surface area contributed by atoms with Gasteiger partial charge in [-0.25, -0.2) is 0 Å². The molecular weight excluding hydrogens is 358 g/mol. The van der Waals surface area contributed by atoms with Crippen molar-refractivity contribution in [2.24, 2.45) is 0 Å². The van der Waals surface area contributed by atoms with E-state index in [1.165, 1.54) is 11.1 Å². The second kappa shape index (κ2) is 9.06. The van der Waals surface area contributed by atoms with Crippen molar-refractivity contribution in [1.82, 2.24) is 9.80 Å². The summed E-state index contributed by atoms with van der Waals surface area (Å²) in [5, 5.41) is 4.06. The van der Waals surface area contributed by atoms with Crippen LogP contribution in [0.2, 0.25) is 0 Å². The van der Waals surface area contributed by atoms with Crippen LogP contribution in [0.1, 0.15) is 11.1 Å². The summed E-state index contributed by atoms with van der Waals surface area (Å²) in [4.78, 5) is 4.71. The number of methoxy groups -OCH3 is 2. The molecule has 144 valence electrons. The van der Waals surface area contributed by atoms with Crippen molar-refractivity contribution in [3.8, 4) is 11.5 Å². The van der Waals surface area contributed by atoms with Crippen molar-refractivity contribution in [2.45, 2.75) is 13.5 Å². The van der Waals surface area contributed by atoms with Crippen LogP contribution in [0.3, 0.4) is 0 Å². The summed E-state index contributed by atoms with van der Waals surface area (Å²) < 4.78 is 10.6. The van der Waals surface area contributed by atoms with Crippen LogP contribution in [0.5, 0.6) is 11.5 Å². The number of nitrogens with zero attached hydrogens (tertiary/aromatic N) is 2. The van der Waals surface area contributed by atoms with Gasteiger partial charge in [0.2, 0.25) is 0 Å². The topological polar surface area (TPSA) is 37.0 Å². The highest BCUT2D eigenvalue weighted by Crippen LogP contribution is 2.29. The Bertz CT molecular complexity index is 789. The van der Waals surface area contributed by atoms with Gasteiger partial charge in [0, 0.05) is 44.5 Å². The van der Waals surface area contributed by atoms with Gasteiger partial charge in [-0.2, -0.15) is 0 Å². The van der Waals surface area contributed by atoms with Crippen LogP contribution in [-0.4, -0.2) is 55.3 Å². The van der Waals surface area contributed by atoms with Gasteiger partial charge in [0.25, 0.3) is 0 Å². The molecule has 0 radical (unpaired) electrons. The molecule has 6 heteroatoms. The average molecular weight is 386 g/mol. The summed E-state index contributed by atoms with van der Waals surface area (Å²) in [7, 11) is 3.26. The van der Waals surface area contributed by atoms with Gasteiger partial charge in [0.1, 0.15) is 0 Å². The van der Waals surface area contributed by atoms with E-state index in [-0.39, 0.29) is 0 Å². The van der Waals surface area contributed by atoms with E-state index < -0.39 is 0 Å². The lowest BCUT2D eigenvalue weighted by molar-refractivity contribution is 0.176. The monoisotopic (exact) mass is 385 g/mol. The molecule has 1 saturated heterocycles.